The third-order valence-corrected chi connectivity index (χ3v) is 2.95. The molecule has 1 aromatic heterocycles. The molecule has 1 N–H and O–H groups in total. The highest BCUT2D eigenvalue weighted by Gasteiger charge is 2.12. The number of rotatable bonds is 3. The van der Waals surface area contributed by atoms with Crippen molar-refractivity contribution in [1.29, 1.82) is 0 Å². The van der Waals surface area contributed by atoms with Crippen LogP contribution in [0.4, 0.5) is 10.1 Å². The summed E-state index contributed by atoms with van der Waals surface area (Å²) in [6, 6.07) is 4.80. The van der Waals surface area contributed by atoms with E-state index in [0.717, 1.165) is 24.3 Å². The minimum atomic E-state index is -0.296. The predicted octanol–water partition coefficient (Wildman–Crippen LogP) is 4.02. The normalized spacial score (nSPS) is 10.8. The van der Waals surface area contributed by atoms with Crippen LogP contribution in [0, 0.1) is 5.82 Å². The van der Waals surface area contributed by atoms with Crippen molar-refractivity contribution in [1.82, 2.24) is 4.98 Å². The maximum absolute atomic E-state index is 13.8. The van der Waals surface area contributed by atoms with Crippen molar-refractivity contribution in [2.45, 2.75) is 20.3 Å². The molecular weight excluding hydrogens is 239 g/mol. The molecule has 0 saturated heterocycles. The number of aryl methyl sites for hydroxylation is 1. The number of pyridine rings is 1. The van der Waals surface area contributed by atoms with Gasteiger partial charge < -0.3 is 5.32 Å². The summed E-state index contributed by atoms with van der Waals surface area (Å²) in [5.74, 6) is -0.296. The Labute approximate surface area is 105 Å². The number of halogens is 2. The van der Waals surface area contributed by atoms with Crippen molar-refractivity contribution >= 4 is 28.2 Å². The molecule has 2 rings (SSSR count). The molecule has 0 amide bonds. The number of fused-ring (bicyclic) bond motifs is 1. The van der Waals surface area contributed by atoms with Gasteiger partial charge in [-0.25, -0.2) is 4.39 Å². The van der Waals surface area contributed by atoms with Gasteiger partial charge >= 0.3 is 0 Å². The Bertz CT molecular complexity index is 555. The summed E-state index contributed by atoms with van der Waals surface area (Å²) in [4.78, 5) is 4.39. The van der Waals surface area contributed by atoms with E-state index in [1.807, 2.05) is 19.9 Å². The SMILES string of the molecule is CCNc1cc(CC)nc2c(Cl)ccc(F)c12. The molecule has 0 aliphatic carbocycles. The predicted molar refractivity (Wildman–Crippen MR) is 70.3 cm³/mol. The topological polar surface area (TPSA) is 24.9 Å². The molecular formula is C13H14ClFN2. The van der Waals surface area contributed by atoms with Gasteiger partial charge in [0.2, 0.25) is 0 Å². The first-order valence-corrected chi connectivity index (χ1v) is 6.06. The van der Waals surface area contributed by atoms with Crippen LogP contribution in [0.1, 0.15) is 19.5 Å². The first-order valence-electron chi connectivity index (χ1n) is 5.68. The third-order valence-electron chi connectivity index (χ3n) is 2.64. The highest BCUT2D eigenvalue weighted by Crippen LogP contribution is 2.31. The van der Waals surface area contributed by atoms with E-state index in [4.69, 9.17) is 11.6 Å². The second-order valence-electron chi connectivity index (χ2n) is 3.80. The van der Waals surface area contributed by atoms with Gasteiger partial charge in [0.25, 0.3) is 0 Å². The molecule has 2 nitrogen and oxygen atoms in total. The van der Waals surface area contributed by atoms with Gasteiger partial charge in [-0.2, -0.15) is 0 Å². The summed E-state index contributed by atoms with van der Waals surface area (Å²) in [5, 5.41) is 4.11. The van der Waals surface area contributed by atoms with Crippen molar-refractivity contribution in [3.63, 3.8) is 0 Å². The molecule has 0 spiro atoms. The number of hydrogen-bond acceptors (Lipinski definition) is 2. The molecule has 0 bridgehead atoms. The van der Waals surface area contributed by atoms with Crippen LogP contribution in [-0.2, 0) is 6.42 Å². The molecule has 0 aliphatic rings. The lowest BCUT2D eigenvalue weighted by Crippen LogP contribution is -2.01. The quantitative estimate of drug-likeness (QED) is 0.892. The second-order valence-corrected chi connectivity index (χ2v) is 4.21. The van der Waals surface area contributed by atoms with Gasteiger partial charge in [-0.1, -0.05) is 18.5 Å². The van der Waals surface area contributed by atoms with E-state index in [0.29, 0.717) is 15.9 Å². The van der Waals surface area contributed by atoms with Crippen molar-refractivity contribution < 1.29 is 4.39 Å². The minimum Gasteiger partial charge on any atom is -0.385 e. The van der Waals surface area contributed by atoms with Crippen LogP contribution in [0.25, 0.3) is 10.9 Å². The van der Waals surface area contributed by atoms with E-state index in [1.54, 1.807) is 6.07 Å². The average Bonchev–Trinajstić information content (AvgIpc) is 2.34. The monoisotopic (exact) mass is 252 g/mol. The summed E-state index contributed by atoms with van der Waals surface area (Å²) in [5.41, 5.74) is 2.19. The van der Waals surface area contributed by atoms with Gasteiger partial charge in [-0.3, -0.25) is 4.98 Å². The number of hydrogen-bond donors (Lipinski definition) is 1. The first-order chi connectivity index (χ1) is 8.17. The molecule has 0 saturated carbocycles. The van der Waals surface area contributed by atoms with Gasteiger partial charge in [-0.05, 0) is 31.5 Å². The fourth-order valence-electron chi connectivity index (χ4n) is 1.83. The fourth-order valence-corrected chi connectivity index (χ4v) is 2.03. The standard InChI is InChI=1S/C13H14ClFN2/c1-3-8-7-11(16-4-2)12-10(15)6-5-9(14)13(12)17-8/h5-7H,3-4H2,1-2H3,(H,16,17). The van der Waals surface area contributed by atoms with Crippen LogP contribution in [0.15, 0.2) is 18.2 Å². The zero-order valence-corrected chi connectivity index (χ0v) is 10.6. The van der Waals surface area contributed by atoms with Gasteiger partial charge in [0.15, 0.2) is 0 Å². The zero-order chi connectivity index (χ0) is 12.4. The Morgan fingerprint density at radius 1 is 1.35 bits per heavy atom. The van der Waals surface area contributed by atoms with E-state index in [1.165, 1.54) is 6.07 Å². The van der Waals surface area contributed by atoms with Gasteiger partial charge in [0.05, 0.1) is 15.9 Å². The summed E-state index contributed by atoms with van der Waals surface area (Å²) in [6.07, 6.45) is 0.793. The van der Waals surface area contributed by atoms with E-state index in [9.17, 15) is 4.39 Å². The number of anilines is 1. The first kappa shape index (κ1) is 12.1. The van der Waals surface area contributed by atoms with E-state index in [2.05, 4.69) is 10.3 Å². The zero-order valence-electron chi connectivity index (χ0n) is 9.85. The van der Waals surface area contributed by atoms with Gasteiger partial charge in [0.1, 0.15) is 5.82 Å². The third kappa shape index (κ3) is 2.20. The maximum atomic E-state index is 13.8. The van der Waals surface area contributed by atoms with E-state index < -0.39 is 0 Å². The number of benzene rings is 1. The largest absolute Gasteiger partial charge is 0.385 e. The van der Waals surface area contributed by atoms with Crippen molar-refractivity contribution in [3.05, 3.63) is 34.7 Å². The highest BCUT2D eigenvalue weighted by atomic mass is 35.5. The summed E-state index contributed by atoms with van der Waals surface area (Å²) in [6.45, 7) is 4.71. The van der Waals surface area contributed by atoms with Crippen LogP contribution in [0.2, 0.25) is 5.02 Å². The molecule has 0 aliphatic heterocycles. The summed E-state index contributed by atoms with van der Waals surface area (Å²) >= 11 is 6.07. The molecule has 2 aromatic rings. The van der Waals surface area contributed by atoms with Crippen LogP contribution in [0.3, 0.4) is 0 Å². The molecule has 1 aromatic carbocycles. The maximum Gasteiger partial charge on any atom is 0.134 e. The summed E-state index contributed by atoms with van der Waals surface area (Å²) in [7, 11) is 0. The molecule has 17 heavy (non-hydrogen) atoms. The highest BCUT2D eigenvalue weighted by molar-refractivity contribution is 6.35. The number of nitrogens with zero attached hydrogens (tertiary/aromatic N) is 1. The molecule has 0 unspecified atom stereocenters. The molecule has 0 radical (unpaired) electrons. The van der Waals surface area contributed by atoms with Crippen LogP contribution < -0.4 is 5.32 Å². The Kier molecular flexibility index (Phi) is 3.48. The fraction of sp³-hybridized carbons (Fsp3) is 0.308. The van der Waals surface area contributed by atoms with Crippen LogP contribution in [-0.4, -0.2) is 11.5 Å². The lowest BCUT2D eigenvalue weighted by molar-refractivity contribution is 0.639. The molecule has 1 heterocycles. The van der Waals surface area contributed by atoms with Crippen LogP contribution >= 0.6 is 11.6 Å². The molecule has 0 atom stereocenters. The minimum absolute atomic E-state index is 0.296. The molecule has 4 heteroatoms. The van der Waals surface area contributed by atoms with Crippen molar-refractivity contribution in [3.8, 4) is 0 Å². The lowest BCUT2D eigenvalue weighted by atomic mass is 10.1. The lowest BCUT2D eigenvalue weighted by Gasteiger charge is -2.11. The Morgan fingerprint density at radius 2 is 2.12 bits per heavy atom. The van der Waals surface area contributed by atoms with E-state index >= 15 is 0 Å². The Morgan fingerprint density at radius 3 is 2.76 bits per heavy atom. The smallest absolute Gasteiger partial charge is 0.134 e. The number of aromatic nitrogens is 1. The van der Waals surface area contributed by atoms with Crippen molar-refractivity contribution in [2.75, 3.05) is 11.9 Å². The Hall–Kier alpha value is -1.35. The van der Waals surface area contributed by atoms with Crippen molar-refractivity contribution in [2.24, 2.45) is 0 Å². The van der Waals surface area contributed by atoms with Gasteiger partial charge in [-0.15, -0.1) is 0 Å². The van der Waals surface area contributed by atoms with E-state index in [-0.39, 0.29) is 5.82 Å². The molecule has 90 valence electrons. The van der Waals surface area contributed by atoms with Gasteiger partial charge in [0, 0.05) is 17.9 Å². The second kappa shape index (κ2) is 4.88. The summed E-state index contributed by atoms with van der Waals surface area (Å²) < 4.78 is 13.8. The van der Waals surface area contributed by atoms with Crippen LogP contribution in [0.5, 0.6) is 0 Å². The average molecular weight is 253 g/mol. The number of nitrogens with one attached hydrogen (secondary N) is 1. The Balaban J connectivity index is 2.80. The molecule has 0 fully saturated rings.